The number of halogens is 1. The molecule has 108 valence electrons. The molecule has 1 unspecified atom stereocenters. The molecule has 1 aromatic heterocycles. The fraction of sp³-hybridized carbons (Fsp3) is 0.222. The van der Waals surface area contributed by atoms with Crippen molar-refractivity contribution in [3.63, 3.8) is 0 Å². The highest BCUT2D eigenvalue weighted by Gasteiger charge is 2.14. The average Bonchev–Trinajstić information content (AvgIpc) is 2.97. The van der Waals surface area contributed by atoms with Gasteiger partial charge in [0.15, 0.2) is 0 Å². The van der Waals surface area contributed by atoms with Gasteiger partial charge >= 0.3 is 0 Å². The van der Waals surface area contributed by atoms with E-state index >= 15 is 0 Å². The van der Waals surface area contributed by atoms with Gasteiger partial charge in [0.2, 0.25) is 0 Å². The molecule has 1 nitrogen and oxygen atoms in total. The first-order valence-corrected chi connectivity index (χ1v) is 8.47. The van der Waals surface area contributed by atoms with Crippen molar-refractivity contribution in [2.24, 2.45) is 0 Å². The first kappa shape index (κ1) is 14.6. The van der Waals surface area contributed by atoms with Gasteiger partial charge in [-0.25, -0.2) is 0 Å². The molecule has 0 aliphatic carbocycles. The number of hydrogen-bond acceptors (Lipinski definition) is 2. The lowest BCUT2D eigenvalue weighted by molar-refractivity contribution is 0.554. The molecule has 0 radical (unpaired) electrons. The second-order valence-corrected chi connectivity index (χ2v) is 6.48. The van der Waals surface area contributed by atoms with Crippen LogP contribution in [0.5, 0.6) is 0 Å². The molecule has 0 saturated heterocycles. The molecular weight excluding hydrogens is 298 g/mol. The van der Waals surface area contributed by atoms with Crippen LogP contribution in [0.1, 0.15) is 24.1 Å². The minimum absolute atomic E-state index is 0.332. The van der Waals surface area contributed by atoms with Crippen LogP contribution in [0.3, 0.4) is 0 Å². The highest BCUT2D eigenvalue weighted by Crippen LogP contribution is 2.30. The third-order valence-corrected chi connectivity index (χ3v) is 4.92. The number of rotatable bonds is 5. The number of fused-ring (bicyclic) bond motifs is 1. The van der Waals surface area contributed by atoms with Gasteiger partial charge in [0.1, 0.15) is 0 Å². The van der Waals surface area contributed by atoms with Gasteiger partial charge in [-0.15, -0.1) is 11.3 Å². The zero-order chi connectivity index (χ0) is 14.7. The fourth-order valence-electron chi connectivity index (χ4n) is 2.69. The fourth-order valence-corrected chi connectivity index (χ4v) is 3.78. The summed E-state index contributed by atoms with van der Waals surface area (Å²) >= 11 is 7.80. The topological polar surface area (TPSA) is 12.0 Å². The standard InChI is InChI=1S/C18H18ClNS/c1-2-20-17(12-13-6-8-15(19)9-7-13)16-5-3-4-14-10-11-21-18(14)16/h3-11,17,20H,2,12H2,1H3. The zero-order valence-electron chi connectivity index (χ0n) is 12.0. The van der Waals surface area contributed by atoms with Crippen molar-refractivity contribution in [2.75, 3.05) is 6.54 Å². The predicted molar refractivity (Wildman–Crippen MR) is 93.4 cm³/mol. The molecule has 0 aliphatic rings. The molecule has 1 N–H and O–H groups in total. The van der Waals surface area contributed by atoms with E-state index in [9.17, 15) is 0 Å². The summed E-state index contributed by atoms with van der Waals surface area (Å²) in [6.45, 7) is 3.11. The average molecular weight is 316 g/mol. The van der Waals surface area contributed by atoms with E-state index in [1.807, 2.05) is 23.5 Å². The van der Waals surface area contributed by atoms with Crippen LogP contribution in [0.2, 0.25) is 5.02 Å². The summed E-state index contributed by atoms with van der Waals surface area (Å²) in [6.07, 6.45) is 0.974. The second-order valence-electron chi connectivity index (χ2n) is 5.13. The minimum atomic E-state index is 0.332. The predicted octanol–water partition coefficient (Wildman–Crippen LogP) is 5.45. The van der Waals surface area contributed by atoms with Crippen molar-refractivity contribution < 1.29 is 0 Å². The largest absolute Gasteiger partial charge is 0.310 e. The molecule has 0 saturated carbocycles. The molecule has 1 atom stereocenters. The number of likely N-dealkylation sites (N-methyl/N-ethyl adjacent to an activating group) is 1. The summed E-state index contributed by atoms with van der Waals surface area (Å²) in [5, 5.41) is 7.90. The Labute approximate surface area is 134 Å². The molecule has 0 amide bonds. The van der Waals surface area contributed by atoms with Gasteiger partial charge in [-0.1, -0.05) is 48.9 Å². The maximum atomic E-state index is 5.98. The van der Waals surface area contributed by atoms with Crippen LogP contribution in [0.15, 0.2) is 53.9 Å². The van der Waals surface area contributed by atoms with E-state index in [4.69, 9.17) is 11.6 Å². The summed E-state index contributed by atoms with van der Waals surface area (Å²) in [4.78, 5) is 0. The van der Waals surface area contributed by atoms with Crippen molar-refractivity contribution in [1.82, 2.24) is 5.32 Å². The summed E-state index contributed by atoms with van der Waals surface area (Å²) in [7, 11) is 0. The van der Waals surface area contributed by atoms with Gasteiger partial charge in [0, 0.05) is 15.8 Å². The first-order valence-electron chi connectivity index (χ1n) is 7.22. The lowest BCUT2D eigenvalue weighted by Gasteiger charge is -2.19. The third kappa shape index (κ3) is 3.29. The van der Waals surface area contributed by atoms with Gasteiger partial charge < -0.3 is 5.32 Å². The van der Waals surface area contributed by atoms with Crippen LogP contribution in [-0.2, 0) is 6.42 Å². The molecule has 0 bridgehead atoms. The van der Waals surface area contributed by atoms with E-state index in [-0.39, 0.29) is 0 Å². The Morgan fingerprint density at radius 3 is 2.67 bits per heavy atom. The number of nitrogens with one attached hydrogen (secondary N) is 1. The monoisotopic (exact) mass is 315 g/mol. The summed E-state index contributed by atoms with van der Waals surface area (Å²) in [5.41, 5.74) is 2.69. The molecule has 0 aliphatic heterocycles. The Bertz CT molecular complexity index is 717. The van der Waals surface area contributed by atoms with Gasteiger partial charge in [-0.3, -0.25) is 0 Å². The number of benzene rings is 2. The Morgan fingerprint density at radius 1 is 1.10 bits per heavy atom. The lowest BCUT2D eigenvalue weighted by Crippen LogP contribution is -2.23. The van der Waals surface area contributed by atoms with E-state index in [0.29, 0.717) is 6.04 Å². The first-order chi connectivity index (χ1) is 10.3. The Balaban J connectivity index is 1.93. The van der Waals surface area contributed by atoms with Crippen LogP contribution < -0.4 is 5.32 Å². The van der Waals surface area contributed by atoms with Crippen LogP contribution >= 0.6 is 22.9 Å². The van der Waals surface area contributed by atoms with E-state index in [1.54, 1.807) is 0 Å². The summed E-state index contributed by atoms with van der Waals surface area (Å²) < 4.78 is 1.39. The van der Waals surface area contributed by atoms with Gasteiger partial charge in [0.25, 0.3) is 0 Å². The Hall–Kier alpha value is -1.35. The van der Waals surface area contributed by atoms with Gasteiger partial charge in [0.05, 0.1) is 0 Å². The van der Waals surface area contributed by atoms with E-state index in [0.717, 1.165) is 18.0 Å². The smallest absolute Gasteiger partial charge is 0.0406 e. The van der Waals surface area contributed by atoms with Crippen LogP contribution in [0, 0.1) is 0 Å². The third-order valence-electron chi connectivity index (χ3n) is 3.69. The molecule has 3 rings (SSSR count). The maximum Gasteiger partial charge on any atom is 0.0406 e. The van der Waals surface area contributed by atoms with Crippen LogP contribution in [0.25, 0.3) is 10.1 Å². The molecular formula is C18H18ClNS. The van der Waals surface area contributed by atoms with E-state index in [1.165, 1.54) is 21.2 Å². The molecule has 3 heteroatoms. The molecule has 2 aromatic carbocycles. The van der Waals surface area contributed by atoms with E-state index in [2.05, 4.69) is 54.0 Å². The Morgan fingerprint density at radius 2 is 1.90 bits per heavy atom. The quantitative estimate of drug-likeness (QED) is 0.660. The molecule has 0 spiro atoms. The summed E-state index contributed by atoms with van der Waals surface area (Å²) in [5.74, 6) is 0. The highest BCUT2D eigenvalue weighted by atomic mass is 35.5. The molecule has 3 aromatic rings. The van der Waals surface area contributed by atoms with Gasteiger partial charge in [-0.2, -0.15) is 0 Å². The Kier molecular flexibility index (Phi) is 4.59. The van der Waals surface area contributed by atoms with Crippen LogP contribution in [-0.4, -0.2) is 6.54 Å². The van der Waals surface area contributed by atoms with E-state index < -0.39 is 0 Å². The molecule has 1 heterocycles. The molecule has 21 heavy (non-hydrogen) atoms. The van der Waals surface area contributed by atoms with Crippen molar-refractivity contribution in [3.8, 4) is 0 Å². The number of thiophene rings is 1. The maximum absolute atomic E-state index is 5.98. The van der Waals surface area contributed by atoms with Crippen molar-refractivity contribution in [2.45, 2.75) is 19.4 Å². The van der Waals surface area contributed by atoms with Gasteiger partial charge in [-0.05, 0) is 53.1 Å². The normalized spacial score (nSPS) is 12.7. The molecule has 0 fully saturated rings. The lowest BCUT2D eigenvalue weighted by atomic mass is 9.98. The highest BCUT2D eigenvalue weighted by molar-refractivity contribution is 7.17. The zero-order valence-corrected chi connectivity index (χ0v) is 13.5. The van der Waals surface area contributed by atoms with Crippen molar-refractivity contribution in [3.05, 3.63) is 70.1 Å². The van der Waals surface area contributed by atoms with Crippen molar-refractivity contribution in [1.29, 1.82) is 0 Å². The SMILES string of the molecule is CCNC(Cc1ccc(Cl)cc1)c1cccc2ccsc12. The second kappa shape index (κ2) is 6.61. The van der Waals surface area contributed by atoms with Crippen LogP contribution in [0.4, 0.5) is 0 Å². The van der Waals surface area contributed by atoms with Crippen molar-refractivity contribution >= 4 is 33.0 Å². The number of hydrogen-bond donors (Lipinski definition) is 1. The minimum Gasteiger partial charge on any atom is -0.310 e. The summed E-state index contributed by atoms with van der Waals surface area (Å²) in [6, 6.07) is 17.2.